The van der Waals surface area contributed by atoms with Crippen LogP contribution in [0.2, 0.25) is 5.02 Å². The van der Waals surface area contributed by atoms with Crippen LogP contribution in [0.1, 0.15) is 0 Å². The van der Waals surface area contributed by atoms with E-state index in [9.17, 15) is 0 Å². The lowest BCUT2D eigenvalue weighted by Crippen LogP contribution is -1.89. The summed E-state index contributed by atoms with van der Waals surface area (Å²) in [5.74, 6) is 1.91. The van der Waals surface area contributed by atoms with Crippen LogP contribution in [0.4, 0.5) is 0 Å². The number of halogens is 1. The fraction of sp³-hybridized carbons (Fsp3) is 0.0526. The Morgan fingerprint density at radius 1 is 0.960 bits per heavy atom. The first-order chi connectivity index (χ1) is 12.2. The quantitative estimate of drug-likeness (QED) is 0.557. The molecule has 124 valence electrons. The van der Waals surface area contributed by atoms with E-state index in [1.165, 1.54) is 6.33 Å². The van der Waals surface area contributed by atoms with Gasteiger partial charge in [-0.1, -0.05) is 17.7 Å². The fourth-order valence-electron chi connectivity index (χ4n) is 2.57. The van der Waals surface area contributed by atoms with E-state index in [4.69, 9.17) is 21.1 Å². The van der Waals surface area contributed by atoms with Crippen LogP contribution in [0.15, 0.2) is 60.9 Å². The van der Waals surface area contributed by atoms with Crippen molar-refractivity contribution in [2.24, 2.45) is 0 Å². The van der Waals surface area contributed by atoms with Crippen LogP contribution in [-0.2, 0) is 0 Å². The van der Waals surface area contributed by atoms with Crippen molar-refractivity contribution in [3.63, 3.8) is 0 Å². The molecule has 0 radical (unpaired) electrons. The lowest BCUT2D eigenvalue weighted by molar-refractivity contribution is 0.415. The number of nitrogens with one attached hydrogen (secondary N) is 1. The van der Waals surface area contributed by atoms with E-state index < -0.39 is 0 Å². The second-order valence-corrected chi connectivity index (χ2v) is 5.85. The molecular formula is C19H14ClN3O2. The van der Waals surface area contributed by atoms with Crippen LogP contribution in [0.3, 0.4) is 0 Å². The maximum Gasteiger partial charge on any atom is 0.231 e. The minimum Gasteiger partial charge on any atom is -0.497 e. The van der Waals surface area contributed by atoms with Gasteiger partial charge in [-0.2, -0.15) is 0 Å². The van der Waals surface area contributed by atoms with Gasteiger partial charge in [0.2, 0.25) is 5.88 Å². The van der Waals surface area contributed by atoms with Crippen LogP contribution in [0, 0.1) is 0 Å². The van der Waals surface area contributed by atoms with Crippen LogP contribution < -0.4 is 9.47 Å². The summed E-state index contributed by atoms with van der Waals surface area (Å²) in [6.07, 6.45) is 1.47. The summed E-state index contributed by atoms with van der Waals surface area (Å²) >= 11 is 6.01. The Morgan fingerprint density at radius 3 is 2.56 bits per heavy atom. The van der Waals surface area contributed by atoms with Crippen LogP contribution >= 0.6 is 11.6 Å². The van der Waals surface area contributed by atoms with E-state index >= 15 is 0 Å². The predicted octanol–water partition coefficient (Wildman–Crippen LogP) is 5.08. The lowest BCUT2D eigenvalue weighted by Gasteiger charge is -2.05. The number of benzene rings is 2. The predicted molar refractivity (Wildman–Crippen MR) is 97.4 cm³/mol. The van der Waals surface area contributed by atoms with E-state index in [1.54, 1.807) is 19.2 Å². The summed E-state index contributed by atoms with van der Waals surface area (Å²) in [6.45, 7) is 0. The summed E-state index contributed by atoms with van der Waals surface area (Å²) < 4.78 is 11.1. The van der Waals surface area contributed by atoms with E-state index in [-0.39, 0.29) is 0 Å². The zero-order valence-electron chi connectivity index (χ0n) is 13.4. The van der Waals surface area contributed by atoms with Crippen LogP contribution in [0.25, 0.3) is 22.3 Å². The molecule has 5 nitrogen and oxygen atoms in total. The van der Waals surface area contributed by atoms with Crippen molar-refractivity contribution in [1.82, 2.24) is 15.0 Å². The molecule has 6 heteroatoms. The van der Waals surface area contributed by atoms with Gasteiger partial charge < -0.3 is 14.5 Å². The maximum atomic E-state index is 6.01. The van der Waals surface area contributed by atoms with Gasteiger partial charge in [0, 0.05) is 10.7 Å². The Bertz CT molecular complexity index is 1030. The number of fused-ring (bicyclic) bond motifs is 1. The lowest BCUT2D eigenvalue weighted by atomic mass is 10.1. The van der Waals surface area contributed by atoms with Gasteiger partial charge in [0.25, 0.3) is 0 Å². The van der Waals surface area contributed by atoms with Crippen molar-refractivity contribution >= 4 is 22.6 Å². The first-order valence-electron chi connectivity index (χ1n) is 7.64. The number of aromatic amines is 1. The third kappa shape index (κ3) is 3.14. The van der Waals surface area contributed by atoms with Crippen molar-refractivity contribution in [2.45, 2.75) is 0 Å². The molecule has 0 saturated heterocycles. The zero-order valence-corrected chi connectivity index (χ0v) is 14.1. The summed E-state index contributed by atoms with van der Waals surface area (Å²) in [5.41, 5.74) is 2.65. The van der Waals surface area contributed by atoms with Gasteiger partial charge >= 0.3 is 0 Å². The number of rotatable bonds is 4. The van der Waals surface area contributed by atoms with Gasteiger partial charge in [0.1, 0.15) is 23.5 Å². The number of methoxy groups -OCH3 is 1. The summed E-state index contributed by atoms with van der Waals surface area (Å²) in [5, 5.41) is 1.41. The highest BCUT2D eigenvalue weighted by atomic mass is 35.5. The average Bonchev–Trinajstić information content (AvgIpc) is 3.07. The first-order valence-corrected chi connectivity index (χ1v) is 8.02. The standard InChI is InChI=1S/C19H14ClN3O2/c1-24-14-7-5-12(6-8-14)17-10-16-18(23-17)21-11-22-19(16)25-15-4-2-3-13(20)9-15/h2-11H,1H3,(H,21,22,23). The van der Waals surface area contributed by atoms with Crippen LogP contribution in [0.5, 0.6) is 17.4 Å². The molecular weight excluding hydrogens is 338 g/mol. The third-order valence-corrected chi connectivity index (χ3v) is 4.04. The van der Waals surface area contributed by atoms with Crippen molar-refractivity contribution in [1.29, 1.82) is 0 Å². The van der Waals surface area contributed by atoms with Crippen molar-refractivity contribution in [3.05, 3.63) is 65.9 Å². The van der Waals surface area contributed by atoms with Gasteiger partial charge in [-0.15, -0.1) is 0 Å². The van der Waals surface area contributed by atoms with Gasteiger partial charge in [0.15, 0.2) is 0 Å². The normalized spacial score (nSPS) is 10.8. The minimum atomic E-state index is 0.475. The number of hydrogen-bond donors (Lipinski definition) is 1. The monoisotopic (exact) mass is 351 g/mol. The Labute approximate surface area is 149 Å². The first kappa shape index (κ1) is 15.5. The highest BCUT2D eigenvalue weighted by molar-refractivity contribution is 6.30. The maximum absolute atomic E-state index is 6.01. The molecule has 0 atom stereocenters. The fourth-order valence-corrected chi connectivity index (χ4v) is 2.75. The van der Waals surface area contributed by atoms with Crippen molar-refractivity contribution in [3.8, 4) is 28.6 Å². The third-order valence-electron chi connectivity index (χ3n) is 3.80. The van der Waals surface area contributed by atoms with E-state index in [0.29, 0.717) is 22.3 Å². The molecule has 0 aliphatic rings. The van der Waals surface area contributed by atoms with E-state index in [0.717, 1.165) is 22.4 Å². The largest absolute Gasteiger partial charge is 0.497 e. The second-order valence-electron chi connectivity index (χ2n) is 5.41. The van der Waals surface area contributed by atoms with Crippen molar-refractivity contribution in [2.75, 3.05) is 7.11 Å². The molecule has 0 amide bonds. The van der Waals surface area contributed by atoms with Crippen LogP contribution in [-0.4, -0.2) is 22.1 Å². The molecule has 4 rings (SSSR count). The Hall–Kier alpha value is -3.05. The number of H-pyrrole nitrogens is 1. The van der Waals surface area contributed by atoms with E-state index in [2.05, 4.69) is 15.0 Å². The van der Waals surface area contributed by atoms with E-state index in [1.807, 2.05) is 42.5 Å². The van der Waals surface area contributed by atoms with Gasteiger partial charge in [0.05, 0.1) is 12.5 Å². The Kier molecular flexibility index (Phi) is 3.99. The molecule has 0 saturated carbocycles. The summed E-state index contributed by atoms with van der Waals surface area (Å²) in [4.78, 5) is 11.8. The zero-order chi connectivity index (χ0) is 17.2. The molecule has 0 unspecified atom stereocenters. The molecule has 2 aromatic heterocycles. The number of aromatic nitrogens is 3. The molecule has 25 heavy (non-hydrogen) atoms. The van der Waals surface area contributed by atoms with Gasteiger partial charge in [-0.3, -0.25) is 0 Å². The number of nitrogens with zero attached hydrogens (tertiary/aromatic N) is 2. The molecule has 0 aliphatic heterocycles. The second kappa shape index (κ2) is 6.45. The van der Waals surface area contributed by atoms with Crippen molar-refractivity contribution < 1.29 is 9.47 Å². The van der Waals surface area contributed by atoms with Gasteiger partial charge in [-0.25, -0.2) is 9.97 Å². The summed E-state index contributed by atoms with van der Waals surface area (Å²) in [7, 11) is 1.65. The molecule has 0 fully saturated rings. The molecule has 2 heterocycles. The Morgan fingerprint density at radius 2 is 1.80 bits per heavy atom. The molecule has 1 N–H and O–H groups in total. The minimum absolute atomic E-state index is 0.475. The summed E-state index contributed by atoms with van der Waals surface area (Å²) in [6, 6.07) is 17.0. The molecule has 2 aromatic carbocycles. The smallest absolute Gasteiger partial charge is 0.231 e. The highest BCUT2D eigenvalue weighted by Gasteiger charge is 2.11. The molecule has 0 spiro atoms. The molecule has 0 bridgehead atoms. The SMILES string of the molecule is COc1ccc(-c2cc3c(Oc4cccc(Cl)c4)ncnc3[nH]2)cc1. The average molecular weight is 352 g/mol. The number of ether oxygens (including phenoxy) is 2. The molecule has 4 aromatic rings. The number of hydrogen-bond acceptors (Lipinski definition) is 4. The van der Waals surface area contributed by atoms with Gasteiger partial charge in [-0.05, 0) is 54.1 Å². The molecule has 0 aliphatic carbocycles. The topological polar surface area (TPSA) is 60.0 Å². The highest BCUT2D eigenvalue weighted by Crippen LogP contribution is 2.31. The Balaban J connectivity index is 1.73.